The minimum absolute atomic E-state index is 0.449. The smallest absolute Gasteiger partial charge is 0.0941 e. The predicted octanol–water partition coefficient (Wildman–Crippen LogP) is 3.29. The van der Waals surface area contributed by atoms with E-state index in [9.17, 15) is 0 Å². The van der Waals surface area contributed by atoms with E-state index in [-0.39, 0.29) is 0 Å². The second kappa shape index (κ2) is 7.01. The maximum Gasteiger partial charge on any atom is 0.0941 e. The number of hydrogen-bond donors (Lipinski definition) is 1. The van der Waals surface area contributed by atoms with E-state index in [0.717, 1.165) is 18.9 Å². The van der Waals surface area contributed by atoms with E-state index in [4.69, 9.17) is 5.73 Å². The van der Waals surface area contributed by atoms with Gasteiger partial charge < -0.3 is 5.73 Å². The largest absolute Gasteiger partial charge is 0.330 e. The number of thiazole rings is 1. The molecule has 1 unspecified atom stereocenters. The monoisotopic (exact) mass is 295 g/mol. The van der Waals surface area contributed by atoms with E-state index in [1.165, 1.54) is 43.1 Å². The van der Waals surface area contributed by atoms with Crippen molar-refractivity contribution >= 4 is 11.3 Å². The highest BCUT2D eigenvalue weighted by Crippen LogP contribution is 2.34. The molecule has 0 spiro atoms. The Balaban J connectivity index is 1.87. The van der Waals surface area contributed by atoms with Gasteiger partial charge in [0.05, 0.1) is 10.7 Å². The summed E-state index contributed by atoms with van der Waals surface area (Å²) >= 11 is 1.75. The van der Waals surface area contributed by atoms with Crippen LogP contribution in [0.25, 0.3) is 0 Å². The van der Waals surface area contributed by atoms with Crippen molar-refractivity contribution in [1.82, 2.24) is 9.88 Å². The Morgan fingerprint density at radius 2 is 2.15 bits per heavy atom. The second-order valence-electron chi connectivity index (χ2n) is 7.04. The molecule has 0 radical (unpaired) electrons. The number of nitrogens with two attached hydrogens (primary N) is 1. The van der Waals surface area contributed by atoms with E-state index < -0.39 is 0 Å². The van der Waals surface area contributed by atoms with Crippen LogP contribution in [0.1, 0.15) is 50.7 Å². The van der Waals surface area contributed by atoms with Crippen LogP contribution >= 0.6 is 11.3 Å². The van der Waals surface area contributed by atoms with Gasteiger partial charge >= 0.3 is 0 Å². The third kappa shape index (κ3) is 4.54. The maximum absolute atomic E-state index is 5.59. The summed E-state index contributed by atoms with van der Waals surface area (Å²) < 4.78 is 0. The summed E-state index contributed by atoms with van der Waals surface area (Å²) in [4.78, 5) is 7.27. The van der Waals surface area contributed by atoms with Crippen LogP contribution in [-0.4, -0.2) is 29.5 Å². The molecular weight excluding hydrogens is 266 g/mol. The molecule has 0 bridgehead atoms. The van der Waals surface area contributed by atoms with Crippen LogP contribution in [0, 0.1) is 11.3 Å². The molecule has 1 aromatic rings. The third-order valence-corrected chi connectivity index (χ3v) is 5.35. The second-order valence-corrected chi connectivity index (χ2v) is 7.98. The molecule has 1 fully saturated rings. The maximum atomic E-state index is 5.59. The first-order valence-corrected chi connectivity index (χ1v) is 8.72. The molecule has 0 amide bonds. The van der Waals surface area contributed by atoms with Crippen molar-refractivity contribution in [1.29, 1.82) is 0 Å². The van der Waals surface area contributed by atoms with Crippen molar-refractivity contribution in [2.24, 2.45) is 17.1 Å². The Labute approximate surface area is 127 Å². The van der Waals surface area contributed by atoms with Crippen molar-refractivity contribution in [2.75, 3.05) is 19.6 Å². The van der Waals surface area contributed by atoms with E-state index in [2.05, 4.69) is 36.0 Å². The normalized spacial score (nSPS) is 21.9. The Hall–Kier alpha value is -0.450. The highest BCUT2D eigenvalue weighted by atomic mass is 32.1. The van der Waals surface area contributed by atoms with E-state index >= 15 is 0 Å². The number of aromatic nitrogens is 1. The summed E-state index contributed by atoms with van der Waals surface area (Å²) in [6.45, 7) is 11.3. The molecule has 2 N–H and O–H groups in total. The van der Waals surface area contributed by atoms with E-state index in [1.54, 1.807) is 11.3 Å². The lowest BCUT2D eigenvalue weighted by Crippen LogP contribution is -2.26. The zero-order chi connectivity index (χ0) is 14.6. The molecule has 0 saturated carbocycles. The van der Waals surface area contributed by atoms with Crippen molar-refractivity contribution in [3.63, 3.8) is 0 Å². The molecule has 2 rings (SSSR count). The Kier molecular flexibility index (Phi) is 5.58. The Morgan fingerprint density at radius 3 is 2.85 bits per heavy atom. The van der Waals surface area contributed by atoms with Gasteiger partial charge in [-0.2, -0.15) is 0 Å². The number of rotatable bonds is 4. The minimum atomic E-state index is 0.449. The fourth-order valence-corrected chi connectivity index (χ4v) is 3.87. The molecular formula is C16H29N3S. The zero-order valence-corrected chi connectivity index (χ0v) is 14.0. The van der Waals surface area contributed by atoms with Gasteiger partial charge in [-0.3, -0.25) is 4.90 Å². The lowest BCUT2D eigenvalue weighted by molar-refractivity contribution is 0.206. The number of likely N-dealkylation sites (tertiary alicyclic amines) is 1. The van der Waals surface area contributed by atoms with Crippen molar-refractivity contribution < 1.29 is 0 Å². The first kappa shape index (κ1) is 15.9. The molecule has 4 heteroatoms. The average molecular weight is 295 g/mol. The minimum Gasteiger partial charge on any atom is -0.330 e. The van der Waals surface area contributed by atoms with Crippen molar-refractivity contribution in [3.05, 3.63) is 16.1 Å². The molecule has 0 aliphatic carbocycles. The molecule has 114 valence electrons. The van der Waals surface area contributed by atoms with Crippen LogP contribution in [0.5, 0.6) is 0 Å². The van der Waals surface area contributed by atoms with Gasteiger partial charge in [0.2, 0.25) is 0 Å². The van der Waals surface area contributed by atoms with Crippen LogP contribution < -0.4 is 5.73 Å². The number of nitrogens with zero attached hydrogens (tertiary/aromatic N) is 2. The molecule has 3 nitrogen and oxygen atoms in total. The first-order chi connectivity index (χ1) is 9.49. The van der Waals surface area contributed by atoms with E-state index in [1.807, 2.05) is 0 Å². The van der Waals surface area contributed by atoms with Gasteiger partial charge in [-0.1, -0.05) is 20.8 Å². The van der Waals surface area contributed by atoms with Crippen LogP contribution in [0.2, 0.25) is 0 Å². The summed E-state index contributed by atoms with van der Waals surface area (Å²) in [5, 5.41) is 3.39. The molecule has 1 aliphatic heterocycles. The molecule has 1 aliphatic rings. The van der Waals surface area contributed by atoms with Crippen LogP contribution in [0.3, 0.4) is 0 Å². The summed E-state index contributed by atoms with van der Waals surface area (Å²) in [5.41, 5.74) is 7.27. The quantitative estimate of drug-likeness (QED) is 0.927. The summed E-state index contributed by atoms with van der Waals surface area (Å²) in [5.74, 6) is 0.857. The Morgan fingerprint density at radius 1 is 1.35 bits per heavy atom. The van der Waals surface area contributed by atoms with Crippen molar-refractivity contribution in [2.45, 2.75) is 53.0 Å². The fraction of sp³-hybridized carbons (Fsp3) is 0.812. The van der Waals surface area contributed by atoms with Gasteiger partial charge in [-0.15, -0.1) is 11.3 Å². The van der Waals surface area contributed by atoms with Gasteiger partial charge in [0.25, 0.3) is 0 Å². The molecule has 1 saturated heterocycles. The lowest BCUT2D eigenvalue weighted by atomic mass is 9.77. The van der Waals surface area contributed by atoms with Crippen molar-refractivity contribution in [3.8, 4) is 0 Å². The molecule has 0 aromatic carbocycles. The van der Waals surface area contributed by atoms with Gasteiger partial charge in [-0.05, 0) is 50.2 Å². The average Bonchev–Trinajstić information content (AvgIpc) is 2.65. The van der Waals surface area contributed by atoms with Gasteiger partial charge in [-0.25, -0.2) is 4.98 Å². The lowest BCUT2D eigenvalue weighted by Gasteiger charge is -2.29. The highest BCUT2D eigenvalue weighted by Gasteiger charge is 2.27. The topological polar surface area (TPSA) is 42.1 Å². The zero-order valence-electron chi connectivity index (χ0n) is 13.2. The first-order valence-electron chi connectivity index (χ1n) is 7.84. The van der Waals surface area contributed by atoms with Crippen LogP contribution in [-0.2, 0) is 13.0 Å². The van der Waals surface area contributed by atoms with Gasteiger partial charge in [0.1, 0.15) is 0 Å². The highest BCUT2D eigenvalue weighted by molar-refractivity contribution is 7.09. The van der Waals surface area contributed by atoms with Gasteiger partial charge in [0, 0.05) is 18.3 Å². The SMILES string of the molecule is CC(C)(C)C1CCCN(Cc2csc(CCN)n2)CC1. The molecule has 1 atom stereocenters. The van der Waals surface area contributed by atoms with E-state index in [0.29, 0.717) is 12.0 Å². The summed E-state index contributed by atoms with van der Waals surface area (Å²) in [7, 11) is 0. The third-order valence-electron chi connectivity index (χ3n) is 4.39. The van der Waals surface area contributed by atoms with Crippen LogP contribution in [0.15, 0.2) is 5.38 Å². The Bertz CT molecular complexity index is 408. The molecule has 20 heavy (non-hydrogen) atoms. The standard InChI is InChI=1S/C16H29N3S/c1-16(2,3)13-5-4-9-19(10-7-13)11-14-12-20-15(18-14)6-8-17/h12-13H,4-11,17H2,1-3H3. The summed E-state index contributed by atoms with van der Waals surface area (Å²) in [6, 6.07) is 0. The van der Waals surface area contributed by atoms with Crippen LogP contribution in [0.4, 0.5) is 0 Å². The molecule has 2 heterocycles. The van der Waals surface area contributed by atoms with Gasteiger partial charge in [0.15, 0.2) is 0 Å². The predicted molar refractivity (Wildman–Crippen MR) is 86.9 cm³/mol. The summed E-state index contributed by atoms with van der Waals surface area (Å²) in [6.07, 6.45) is 4.93. The number of hydrogen-bond acceptors (Lipinski definition) is 4. The molecule has 1 aromatic heterocycles. The fourth-order valence-electron chi connectivity index (χ4n) is 3.07.